The second kappa shape index (κ2) is 7.23. The lowest BCUT2D eigenvalue weighted by atomic mass is 10.2. The Balaban J connectivity index is 2.12. The lowest BCUT2D eigenvalue weighted by molar-refractivity contribution is 0.0938. The minimum Gasteiger partial charge on any atom is -0.508 e. The van der Waals surface area contributed by atoms with E-state index in [0.717, 1.165) is 5.56 Å². The van der Waals surface area contributed by atoms with Crippen LogP contribution in [0.5, 0.6) is 5.75 Å². The summed E-state index contributed by atoms with van der Waals surface area (Å²) >= 11 is 0. The van der Waals surface area contributed by atoms with Crippen molar-refractivity contribution in [2.24, 2.45) is 0 Å². The number of nitrogens with one attached hydrogen (secondary N) is 1. The second-order valence-electron chi connectivity index (χ2n) is 3.14. The Morgan fingerprint density at radius 1 is 1.20 bits per heavy atom. The summed E-state index contributed by atoms with van der Waals surface area (Å²) in [4.78, 5) is 0. The molecular weight excluding hydrogens is 194 g/mol. The Bertz CT molecular complexity index is 278. The molecular formula is C11H17NO3. The van der Waals surface area contributed by atoms with Gasteiger partial charge in [0.1, 0.15) is 5.75 Å². The number of hydrogen-bond donors (Lipinski definition) is 3. The van der Waals surface area contributed by atoms with E-state index in [2.05, 4.69) is 5.32 Å². The highest BCUT2D eigenvalue weighted by Crippen LogP contribution is 2.14. The maximum absolute atomic E-state index is 9.45. The number of phenols is 1. The molecule has 4 heteroatoms. The summed E-state index contributed by atoms with van der Waals surface area (Å²) in [6.45, 7) is 2.31. The quantitative estimate of drug-likeness (QED) is 0.574. The van der Waals surface area contributed by atoms with Gasteiger partial charge in [0.15, 0.2) is 0 Å². The standard InChI is InChI=1S/C11H17NO3/c13-6-8-15-7-5-12-9-10-3-1-2-4-11(10)14/h1-4,12-14H,5-9H2. The van der Waals surface area contributed by atoms with Crippen LogP contribution in [0.15, 0.2) is 24.3 Å². The van der Waals surface area contributed by atoms with Crippen molar-refractivity contribution in [1.29, 1.82) is 0 Å². The monoisotopic (exact) mass is 211 g/mol. The van der Waals surface area contributed by atoms with Crippen LogP contribution in [0.1, 0.15) is 5.56 Å². The Morgan fingerprint density at radius 3 is 2.73 bits per heavy atom. The highest BCUT2D eigenvalue weighted by atomic mass is 16.5. The molecule has 0 aliphatic rings. The van der Waals surface area contributed by atoms with Crippen LogP contribution >= 0.6 is 0 Å². The molecule has 0 amide bonds. The van der Waals surface area contributed by atoms with Crippen LogP contribution in [-0.4, -0.2) is 36.6 Å². The molecule has 0 saturated heterocycles. The first-order valence-electron chi connectivity index (χ1n) is 5.01. The van der Waals surface area contributed by atoms with E-state index in [-0.39, 0.29) is 6.61 Å². The molecule has 0 aliphatic carbocycles. The van der Waals surface area contributed by atoms with Gasteiger partial charge in [-0.3, -0.25) is 0 Å². The van der Waals surface area contributed by atoms with Crippen LogP contribution < -0.4 is 5.32 Å². The molecule has 4 nitrogen and oxygen atoms in total. The van der Waals surface area contributed by atoms with E-state index in [1.54, 1.807) is 12.1 Å². The maximum atomic E-state index is 9.45. The number of aliphatic hydroxyl groups excluding tert-OH is 1. The Labute approximate surface area is 89.5 Å². The number of ether oxygens (including phenoxy) is 1. The van der Waals surface area contributed by atoms with Gasteiger partial charge in [-0.2, -0.15) is 0 Å². The summed E-state index contributed by atoms with van der Waals surface area (Å²) in [7, 11) is 0. The molecule has 0 heterocycles. The minimum absolute atomic E-state index is 0.0550. The average molecular weight is 211 g/mol. The van der Waals surface area contributed by atoms with Gasteiger partial charge >= 0.3 is 0 Å². The van der Waals surface area contributed by atoms with E-state index in [4.69, 9.17) is 9.84 Å². The summed E-state index contributed by atoms with van der Waals surface area (Å²) in [6, 6.07) is 7.22. The van der Waals surface area contributed by atoms with E-state index in [1.807, 2.05) is 12.1 Å². The Morgan fingerprint density at radius 2 is 2.00 bits per heavy atom. The lowest BCUT2D eigenvalue weighted by Gasteiger charge is -2.06. The first kappa shape index (κ1) is 12.0. The van der Waals surface area contributed by atoms with Gasteiger partial charge in [0.2, 0.25) is 0 Å². The van der Waals surface area contributed by atoms with Crippen LogP contribution in [0.3, 0.4) is 0 Å². The molecule has 0 spiro atoms. The Hall–Kier alpha value is -1.10. The third-order valence-corrected chi connectivity index (χ3v) is 1.97. The predicted octanol–water partition coefficient (Wildman–Crippen LogP) is 0.491. The number of aliphatic hydroxyl groups is 1. The van der Waals surface area contributed by atoms with Crippen molar-refractivity contribution in [2.45, 2.75) is 6.54 Å². The van der Waals surface area contributed by atoms with Gasteiger partial charge in [-0.05, 0) is 6.07 Å². The van der Waals surface area contributed by atoms with Gasteiger partial charge in [0.05, 0.1) is 19.8 Å². The van der Waals surface area contributed by atoms with Crippen LogP contribution in [-0.2, 0) is 11.3 Å². The lowest BCUT2D eigenvalue weighted by Crippen LogP contribution is -2.20. The van der Waals surface area contributed by atoms with Crippen LogP contribution in [0.2, 0.25) is 0 Å². The number of aromatic hydroxyl groups is 1. The fourth-order valence-electron chi connectivity index (χ4n) is 1.19. The topological polar surface area (TPSA) is 61.7 Å². The third kappa shape index (κ3) is 4.78. The van der Waals surface area contributed by atoms with Crippen molar-refractivity contribution in [3.63, 3.8) is 0 Å². The summed E-state index contributed by atoms with van der Waals surface area (Å²) in [6.07, 6.45) is 0. The van der Waals surface area contributed by atoms with E-state index >= 15 is 0 Å². The fourth-order valence-corrected chi connectivity index (χ4v) is 1.19. The minimum atomic E-state index is 0.0550. The van der Waals surface area contributed by atoms with Crippen molar-refractivity contribution >= 4 is 0 Å². The zero-order valence-electron chi connectivity index (χ0n) is 8.65. The van der Waals surface area contributed by atoms with Gasteiger partial charge in [0, 0.05) is 18.7 Å². The smallest absolute Gasteiger partial charge is 0.120 e. The molecule has 1 aromatic carbocycles. The van der Waals surface area contributed by atoms with Gasteiger partial charge in [0.25, 0.3) is 0 Å². The van der Waals surface area contributed by atoms with Crippen molar-refractivity contribution in [3.05, 3.63) is 29.8 Å². The fraction of sp³-hybridized carbons (Fsp3) is 0.455. The zero-order chi connectivity index (χ0) is 10.9. The molecule has 84 valence electrons. The second-order valence-corrected chi connectivity index (χ2v) is 3.14. The van der Waals surface area contributed by atoms with Gasteiger partial charge in [-0.25, -0.2) is 0 Å². The maximum Gasteiger partial charge on any atom is 0.120 e. The number of phenolic OH excluding ortho intramolecular Hbond substituents is 1. The third-order valence-electron chi connectivity index (χ3n) is 1.97. The molecule has 0 bridgehead atoms. The van der Waals surface area contributed by atoms with Crippen molar-refractivity contribution in [1.82, 2.24) is 5.32 Å². The van der Waals surface area contributed by atoms with Crippen molar-refractivity contribution in [3.8, 4) is 5.75 Å². The number of para-hydroxylation sites is 1. The SMILES string of the molecule is OCCOCCNCc1ccccc1O. The highest BCUT2D eigenvalue weighted by Gasteiger charge is 1.97. The van der Waals surface area contributed by atoms with Gasteiger partial charge < -0.3 is 20.3 Å². The molecule has 0 saturated carbocycles. The molecule has 0 aliphatic heterocycles. The van der Waals surface area contributed by atoms with Crippen LogP contribution in [0, 0.1) is 0 Å². The Kier molecular flexibility index (Phi) is 5.77. The molecule has 0 aromatic heterocycles. The summed E-state index contributed by atoms with van der Waals surface area (Å²) in [5.41, 5.74) is 0.875. The first-order valence-corrected chi connectivity index (χ1v) is 5.01. The molecule has 1 aromatic rings. The normalized spacial score (nSPS) is 10.5. The molecule has 15 heavy (non-hydrogen) atoms. The molecule has 1 rings (SSSR count). The van der Waals surface area contributed by atoms with Gasteiger partial charge in [-0.15, -0.1) is 0 Å². The van der Waals surface area contributed by atoms with E-state index in [1.165, 1.54) is 0 Å². The largest absolute Gasteiger partial charge is 0.508 e. The summed E-state index contributed by atoms with van der Waals surface area (Å²) < 4.78 is 5.08. The number of rotatable bonds is 7. The van der Waals surface area contributed by atoms with E-state index in [9.17, 15) is 5.11 Å². The predicted molar refractivity (Wildman–Crippen MR) is 57.7 cm³/mol. The summed E-state index contributed by atoms with van der Waals surface area (Å²) in [5, 5.41) is 21.0. The summed E-state index contributed by atoms with van der Waals surface area (Å²) in [5.74, 6) is 0.307. The van der Waals surface area contributed by atoms with E-state index in [0.29, 0.717) is 32.1 Å². The average Bonchev–Trinajstić information content (AvgIpc) is 2.25. The zero-order valence-corrected chi connectivity index (χ0v) is 8.65. The van der Waals surface area contributed by atoms with Gasteiger partial charge in [-0.1, -0.05) is 18.2 Å². The van der Waals surface area contributed by atoms with Crippen molar-refractivity contribution < 1.29 is 14.9 Å². The molecule has 0 atom stereocenters. The van der Waals surface area contributed by atoms with Crippen LogP contribution in [0.4, 0.5) is 0 Å². The number of hydrogen-bond acceptors (Lipinski definition) is 4. The molecule has 0 unspecified atom stereocenters. The van der Waals surface area contributed by atoms with Crippen molar-refractivity contribution in [2.75, 3.05) is 26.4 Å². The molecule has 3 N–H and O–H groups in total. The molecule has 0 fully saturated rings. The van der Waals surface area contributed by atoms with Crippen LogP contribution in [0.25, 0.3) is 0 Å². The molecule has 0 radical (unpaired) electrons. The first-order chi connectivity index (χ1) is 7.34. The number of benzene rings is 1. The highest BCUT2D eigenvalue weighted by molar-refractivity contribution is 5.31. The van der Waals surface area contributed by atoms with E-state index < -0.39 is 0 Å².